The van der Waals surface area contributed by atoms with Crippen LogP contribution < -0.4 is 9.64 Å². The highest BCUT2D eigenvalue weighted by Gasteiger charge is 2.39. The number of hydrogen-bond acceptors (Lipinski definition) is 3. The number of carbonyl (C=O) groups excluding carboxylic acids is 2. The molecule has 0 radical (unpaired) electrons. The van der Waals surface area contributed by atoms with Crippen molar-refractivity contribution in [2.24, 2.45) is 5.92 Å². The van der Waals surface area contributed by atoms with Gasteiger partial charge in [0.1, 0.15) is 5.75 Å². The van der Waals surface area contributed by atoms with Gasteiger partial charge in [0.15, 0.2) is 0 Å². The molecule has 0 spiro atoms. The molecule has 0 saturated carbocycles. The first-order chi connectivity index (χ1) is 10.7. The number of ether oxygens (including phenoxy) is 1. The Bertz CT molecular complexity index is 679. The van der Waals surface area contributed by atoms with Gasteiger partial charge in [-0.15, -0.1) is 0 Å². The predicted molar refractivity (Wildman–Crippen MR) is 83.7 cm³/mol. The molecule has 1 fully saturated rings. The van der Waals surface area contributed by atoms with Gasteiger partial charge in [-0.05, 0) is 36.2 Å². The summed E-state index contributed by atoms with van der Waals surface area (Å²) in [6.45, 7) is 0. The second-order valence-corrected chi connectivity index (χ2v) is 5.36. The first-order valence-corrected chi connectivity index (χ1v) is 7.24. The Kier molecular flexibility index (Phi) is 3.92. The number of methoxy groups -OCH3 is 1. The van der Waals surface area contributed by atoms with E-state index in [0.29, 0.717) is 12.1 Å². The molecule has 0 N–H and O–H groups in total. The second-order valence-electron chi connectivity index (χ2n) is 5.36. The van der Waals surface area contributed by atoms with Crippen molar-refractivity contribution in [2.45, 2.75) is 12.8 Å². The lowest BCUT2D eigenvalue weighted by atomic mass is 9.98. The molecule has 1 aliphatic heterocycles. The van der Waals surface area contributed by atoms with E-state index in [2.05, 4.69) is 0 Å². The summed E-state index contributed by atoms with van der Waals surface area (Å²) in [4.78, 5) is 26.0. The Morgan fingerprint density at radius 2 is 1.73 bits per heavy atom. The van der Waals surface area contributed by atoms with E-state index in [9.17, 15) is 9.59 Å². The minimum atomic E-state index is -0.291. The third-order valence-corrected chi connectivity index (χ3v) is 3.90. The van der Waals surface area contributed by atoms with Crippen molar-refractivity contribution in [1.29, 1.82) is 0 Å². The fourth-order valence-corrected chi connectivity index (χ4v) is 2.75. The lowest BCUT2D eigenvalue weighted by Gasteiger charge is -2.15. The van der Waals surface area contributed by atoms with Crippen LogP contribution in [-0.2, 0) is 16.0 Å². The van der Waals surface area contributed by atoms with Crippen LogP contribution in [0, 0.1) is 5.92 Å². The number of hydrogen-bond donors (Lipinski definition) is 0. The number of nitrogens with zero attached hydrogens (tertiary/aromatic N) is 1. The highest BCUT2D eigenvalue weighted by atomic mass is 16.5. The van der Waals surface area contributed by atoms with Crippen LogP contribution in [0.15, 0.2) is 54.6 Å². The van der Waals surface area contributed by atoms with E-state index in [4.69, 9.17) is 4.74 Å². The molecule has 3 rings (SSSR count). The zero-order valence-corrected chi connectivity index (χ0v) is 12.4. The molecule has 22 heavy (non-hydrogen) atoms. The molecule has 2 aromatic carbocycles. The third-order valence-electron chi connectivity index (χ3n) is 3.90. The van der Waals surface area contributed by atoms with E-state index in [1.807, 2.05) is 42.5 Å². The van der Waals surface area contributed by atoms with Crippen molar-refractivity contribution in [3.8, 4) is 5.75 Å². The van der Waals surface area contributed by atoms with E-state index >= 15 is 0 Å². The molecule has 112 valence electrons. The van der Waals surface area contributed by atoms with Gasteiger partial charge in [-0.3, -0.25) is 14.5 Å². The Labute approximate surface area is 129 Å². The maximum absolute atomic E-state index is 12.5. The van der Waals surface area contributed by atoms with Crippen LogP contribution in [0.1, 0.15) is 12.0 Å². The summed E-state index contributed by atoms with van der Waals surface area (Å²) in [5.74, 6) is 0.242. The Hall–Kier alpha value is -2.62. The minimum absolute atomic E-state index is 0.119. The largest absolute Gasteiger partial charge is 0.497 e. The summed E-state index contributed by atoms with van der Waals surface area (Å²) < 4.78 is 5.12. The fraction of sp³-hybridized carbons (Fsp3) is 0.222. The molecule has 1 atom stereocenters. The molecular weight excluding hydrogens is 278 g/mol. The smallest absolute Gasteiger partial charge is 0.237 e. The van der Waals surface area contributed by atoms with Crippen LogP contribution in [-0.4, -0.2) is 18.9 Å². The van der Waals surface area contributed by atoms with Gasteiger partial charge in [0.2, 0.25) is 11.8 Å². The molecular formula is C18H17NO3. The second kappa shape index (κ2) is 6.02. The Morgan fingerprint density at radius 1 is 1.05 bits per heavy atom. The van der Waals surface area contributed by atoms with Gasteiger partial charge in [0, 0.05) is 6.42 Å². The third kappa shape index (κ3) is 2.72. The normalized spacial score (nSPS) is 17.9. The molecule has 2 amide bonds. The van der Waals surface area contributed by atoms with Crippen molar-refractivity contribution in [2.75, 3.05) is 12.0 Å². The number of imide groups is 1. The summed E-state index contributed by atoms with van der Waals surface area (Å²) >= 11 is 0. The van der Waals surface area contributed by atoms with Gasteiger partial charge in [-0.25, -0.2) is 0 Å². The van der Waals surface area contributed by atoms with Crippen LogP contribution in [0.3, 0.4) is 0 Å². The van der Waals surface area contributed by atoms with Gasteiger partial charge in [-0.2, -0.15) is 0 Å². The minimum Gasteiger partial charge on any atom is -0.497 e. The summed E-state index contributed by atoms with van der Waals surface area (Å²) in [5.41, 5.74) is 1.68. The highest BCUT2D eigenvalue weighted by molar-refractivity contribution is 6.20. The molecule has 2 aromatic rings. The van der Waals surface area contributed by atoms with E-state index in [1.165, 1.54) is 4.90 Å². The SMILES string of the molecule is COc1ccc(CC2CC(=O)N(c3ccccc3)C2=O)cc1. The molecule has 0 aromatic heterocycles. The summed E-state index contributed by atoms with van der Waals surface area (Å²) in [5, 5.41) is 0. The van der Waals surface area contributed by atoms with Gasteiger partial charge in [-0.1, -0.05) is 30.3 Å². The highest BCUT2D eigenvalue weighted by Crippen LogP contribution is 2.28. The van der Waals surface area contributed by atoms with Gasteiger partial charge in [0.25, 0.3) is 0 Å². The monoisotopic (exact) mass is 295 g/mol. The molecule has 1 saturated heterocycles. The molecule has 0 aliphatic carbocycles. The standard InChI is InChI=1S/C18H17NO3/c1-22-16-9-7-13(8-10-16)11-14-12-17(20)19(18(14)21)15-5-3-2-4-6-15/h2-10,14H,11-12H2,1H3. The lowest BCUT2D eigenvalue weighted by Crippen LogP contribution is -2.30. The zero-order chi connectivity index (χ0) is 15.5. The number of anilines is 1. The van der Waals surface area contributed by atoms with Crippen LogP contribution in [0.4, 0.5) is 5.69 Å². The van der Waals surface area contributed by atoms with E-state index in [-0.39, 0.29) is 24.2 Å². The van der Waals surface area contributed by atoms with Crippen molar-refractivity contribution in [3.63, 3.8) is 0 Å². The summed E-state index contributed by atoms with van der Waals surface area (Å²) in [6.07, 6.45) is 0.831. The van der Waals surface area contributed by atoms with Crippen molar-refractivity contribution in [3.05, 3.63) is 60.2 Å². The molecule has 1 heterocycles. The first-order valence-electron chi connectivity index (χ1n) is 7.24. The number of para-hydroxylation sites is 1. The van der Waals surface area contributed by atoms with E-state index in [0.717, 1.165) is 11.3 Å². The van der Waals surface area contributed by atoms with Crippen LogP contribution in [0.5, 0.6) is 5.75 Å². The Balaban J connectivity index is 1.76. The number of amides is 2. The molecule has 4 heteroatoms. The lowest BCUT2D eigenvalue weighted by molar-refractivity contribution is -0.122. The van der Waals surface area contributed by atoms with Gasteiger partial charge < -0.3 is 4.74 Å². The van der Waals surface area contributed by atoms with E-state index in [1.54, 1.807) is 19.2 Å². The fourth-order valence-electron chi connectivity index (χ4n) is 2.75. The predicted octanol–water partition coefficient (Wildman–Crippen LogP) is 2.82. The van der Waals surface area contributed by atoms with E-state index < -0.39 is 0 Å². The average Bonchev–Trinajstić information content (AvgIpc) is 2.83. The average molecular weight is 295 g/mol. The number of benzene rings is 2. The topological polar surface area (TPSA) is 46.6 Å². The molecule has 1 unspecified atom stereocenters. The molecule has 1 aliphatic rings. The van der Waals surface area contributed by atoms with Crippen LogP contribution in [0.25, 0.3) is 0 Å². The van der Waals surface area contributed by atoms with Crippen LogP contribution in [0.2, 0.25) is 0 Å². The van der Waals surface area contributed by atoms with Crippen molar-refractivity contribution in [1.82, 2.24) is 0 Å². The number of rotatable bonds is 4. The van der Waals surface area contributed by atoms with Gasteiger partial charge in [0.05, 0.1) is 18.7 Å². The quantitative estimate of drug-likeness (QED) is 0.815. The van der Waals surface area contributed by atoms with Gasteiger partial charge >= 0.3 is 0 Å². The first kappa shape index (κ1) is 14.3. The molecule has 0 bridgehead atoms. The van der Waals surface area contributed by atoms with Crippen molar-refractivity contribution >= 4 is 17.5 Å². The van der Waals surface area contributed by atoms with Crippen molar-refractivity contribution < 1.29 is 14.3 Å². The maximum atomic E-state index is 12.5. The summed E-state index contributed by atoms with van der Waals surface area (Å²) in [6, 6.07) is 16.7. The van der Waals surface area contributed by atoms with Crippen LogP contribution >= 0.6 is 0 Å². The Morgan fingerprint density at radius 3 is 2.36 bits per heavy atom. The molecule has 4 nitrogen and oxygen atoms in total. The number of carbonyl (C=O) groups is 2. The zero-order valence-electron chi connectivity index (χ0n) is 12.4. The summed E-state index contributed by atoms with van der Waals surface area (Å²) in [7, 11) is 1.62. The maximum Gasteiger partial charge on any atom is 0.237 e.